The highest BCUT2D eigenvalue weighted by molar-refractivity contribution is 8.93. The number of allylic oxidation sites excluding steroid dienone is 2. The number of amides is 2. The molecular formula is C34H43Br2N9O7. The number of piperazine rings is 1. The first-order chi connectivity index (χ1) is 24.0. The first-order valence-electron chi connectivity index (χ1n) is 15.9. The van der Waals surface area contributed by atoms with E-state index in [1.165, 1.54) is 14.2 Å². The van der Waals surface area contributed by atoms with E-state index >= 15 is 0 Å². The Morgan fingerprint density at radius 3 is 1.94 bits per heavy atom. The fourth-order valence-corrected chi connectivity index (χ4v) is 5.57. The maximum atomic E-state index is 12.1. The Morgan fingerprint density at radius 1 is 0.846 bits per heavy atom. The van der Waals surface area contributed by atoms with Gasteiger partial charge in [0.05, 0.1) is 43.5 Å². The first-order valence-corrected chi connectivity index (χ1v) is 15.9. The third kappa shape index (κ3) is 9.46. The lowest BCUT2D eigenvalue weighted by Crippen LogP contribution is -2.49. The van der Waals surface area contributed by atoms with Crippen LogP contribution in [0.4, 0.5) is 16.7 Å². The van der Waals surface area contributed by atoms with Gasteiger partial charge in [-0.25, -0.2) is 19.6 Å². The SMILES string of the molecule is Br.Br.COC(=O)c1cc(OC)c2c(c1)nc(N)n2C/C=C/Cn1c(N)nc2cc(C(N)=O)cc(OCC#CCN3CCN(C(=O)OC(C)C)CC3)c21. The normalized spacial score (nSPS) is 13.0. The van der Waals surface area contributed by atoms with Crippen molar-refractivity contribution in [3.8, 4) is 23.3 Å². The fraction of sp³-hybridized carbons (Fsp3) is 0.382. The number of methoxy groups -OCH3 is 2. The van der Waals surface area contributed by atoms with Crippen LogP contribution in [0.2, 0.25) is 0 Å². The number of imidazole rings is 2. The Morgan fingerprint density at radius 2 is 1.40 bits per heavy atom. The molecule has 0 saturated carbocycles. The number of carbonyl (C=O) groups is 3. The largest absolute Gasteiger partial charge is 0.494 e. The molecule has 0 radical (unpaired) electrons. The second-order valence-corrected chi connectivity index (χ2v) is 11.7. The van der Waals surface area contributed by atoms with Crippen LogP contribution < -0.4 is 26.7 Å². The number of rotatable bonds is 11. The smallest absolute Gasteiger partial charge is 0.410 e. The van der Waals surface area contributed by atoms with Crippen molar-refractivity contribution in [2.24, 2.45) is 5.73 Å². The summed E-state index contributed by atoms with van der Waals surface area (Å²) in [5, 5.41) is 0. The molecule has 2 aromatic carbocycles. The number of nitrogen functional groups attached to an aromatic ring is 2. The van der Waals surface area contributed by atoms with E-state index in [4.69, 9.17) is 36.1 Å². The molecule has 2 aromatic heterocycles. The Labute approximate surface area is 321 Å². The summed E-state index contributed by atoms with van der Waals surface area (Å²) in [6, 6.07) is 6.29. The molecule has 1 saturated heterocycles. The highest BCUT2D eigenvalue weighted by Gasteiger charge is 2.22. The molecule has 2 amide bonds. The highest BCUT2D eigenvalue weighted by atomic mass is 79.9. The van der Waals surface area contributed by atoms with Gasteiger partial charge in [-0.05, 0) is 38.1 Å². The lowest BCUT2D eigenvalue weighted by Gasteiger charge is -2.33. The second kappa shape index (κ2) is 18.5. The number of nitrogens with zero attached hydrogens (tertiary/aromatic N) is 6. The van der Waals surface area contributed by atoms with Crippen LogP contribution in [0.1, 0.15) is 34.6 Å². The molecule has 0 aliphatic carbocycles. The number of aromatic nitrogens is 4. The minimum Gasteiger partial charge on any atom is -0.494 e. The van der Waals surface area contributed by atoms with Gasteiger partial charge in [-0.1, -0.05) is 24.0 Å². The maximum Gasteiger partial charge on any atom is 0.410 e. The molecule has 280 valence electrons. The molecule has 1 aliphatic rings. The molecule has 18 heteroatoms. The summed E-state index contributed by atoms with van der Waals surface area (Å²) in [5.74, 6) is 6.22. The van der Waals surface area contributed by atoms with Gasteiger partial charge >= 0.3 is 12.1 Å². The summed E-state index contributed by atoms with van der Waals surface area (Å²) < 4.78 is 25.2. The lowest BCUT2D eigenvalue weighted by molar-refractivity contribution is 0.0588. The molecule has 0 atom stereocenters. The zero-order valence-corrected chi connectivity index (χ0v) is 32.7. The summed E-state index contributed by atoms with van der Waals surface area (Å²) in [6.07, 6.45) is 3.31. The Balaban J connectivity index is 0.00000364. The lowest BCUT2D eigenvalue weighted by atomic mass is 10.1. The summed E-state index contributed by atoms with van der Waals surface area (Å²) in [6.45, 7) is 7.37. The van der Waals surface area contributed by atoms with E-state index in [2.05, 4.69) is 26.7 Å². The number of benzene rings is 2. The van der Waals surface area contributed by atoms with Crippen molar-refractivity contribution in [3.05, 3.63) is 47.5 Å². The van der Waals surface area contributed by atoms with Crippen LogP contribution in [0, 0.1) is 11.8 Å². The molecule has 1 fully saturated rings. The van der Waals surface area contributed by atoms with Gasteiger partial charge in [0.15, 0.2) is 0 Å². The van der Waals surface area contributed by atoms with Gasteiger partial charge in [0.1, 0.15) is 29.1 Å². The standard InChI is InChI=1S/C34H41N9O7.2BrH/c1-21(2)50-34(46)41-14-12-40(13-15-41)9-7-8-16-49-27-19-22(30(35)44)17-24-29(27)43(33(37)38-24)11-6-5-10-42-28-25(39-32(42)36)18-23(31(45)48-4)20-26(28)47-3;;/h5-6,17-21H,9-16H2,1-4H3,(H2,35,44)(H2,36,39)(H2,37,38);2*1H/b6-5+;;. The van der Waals surface area contributed by atoms with Crippen LogP contribution in [0.3, 0.4) is 0 Å². The molecule has 3 heterocycles. The molecule has 0 spiro atoms. The molecule has 52 heavy (non-hydrogen) atoms. The minimum atomic E-state index is -0.633. The molecule has 4 aromatic rings. The topological polar surface area (TPSA) is 208 Å². The molecule has 0 bridgehead atoms. The van der Waals surface area contributed by atoms with Crippen molar-refractivity contribution in [3.63, 3.8) is 0 Å². The predicted octanol–water partition coefficient (Wildman–Crippen LogP) is 3.40. The maximum absolute atomic E-state index is 12.1. The van der Waals surface area contributed by atoms with E-state index in [1.54, 1.807) is 38.3 Å². The van der Waals surface area contributed by atoms with Gasteiger partial charge < -0.3 is 50.2 Å². The number of halogens is 2. The van der Waals surface area contributed by atoms with Crippen LogP contribution in [0.15, 0.2) is 36.4 Å². The number of ether oxygens (including phenoxy) is 4. The number of carbonyl (C=O) groups excluding carboxylic acids is 3. The Kier molecular flexibility index (Phi) is 14.7. The van der Waals surface area contributed by atoms with Gasteiger partial charge in [-0.15, -0.1) is 34.0 Å². The van der Waals surface area contributed by atoms with Gasteiger partial charge in [-0.3, -0.25) is 9.69 Å². The van der Waals surface area contributed by atoms with Gasteiger partial charge in [-0.2, -0.15) is 0 Å². The van der Waals surface area contributed by atoms with Crippen LogP contribution in [0.5, 0.6) is 11.5 Å². The molecule has 0 unspecified atom stereocenters. The highest BCUT2D eigenvalue weighted by Crippen LogP contribution is 2.31. The quantitative estimate of drug-likeness (QED) is 0.113. The third-order valence-corrected chi connectivity index (χ3v) is 8.04. The first kappa shape index (κ1) is 41.4. The zero-order chi connectivity index (χ0) is 35.9. The van der Waals surface area contributed by atoms with Crippen molar-refractivity contribution >= 4 is 85.9 Å². The van der Waals surface area contributed by atoms with Gasteiger partial charge in [0.25, 0.3) is 0 Å². The van der Waals surface area contributed by atoms with E-state index in [0.29, 0.717) is 84.9 Å². The van der Waals surface area contributed by atoms with Crippen LogP contribution >= 0.6 is 34.0 Å². The van der Waals surface area contributed by atoms with E-state index in [0.717, 1.165) is 0 Å². The van der Waals surface area contributed by atoms with Gasteiger partial charge in [0, 0.05) is 44.8 Å². The number of hydrogen-bond acceptors (Lipinski definition) is 12. The molecule has 1 aliphatic heterocycles. The number of esters is 1. The van der Waals surface area contributed by atoms with Crippen LogP contribution in [0.25, 0.3) is 22.1 Å². The van der Waals surface area contributed by atoms with Crippen molar-refractivity contribution < 1.29 is 33.3 Å². The fourth-order valence-electron chi connectivity index (χ4n) is 5.57. The van der Waals surface area contributed by atoms with E-state index in [9.17, 15) is 14.4 Å². The number of primary amides is 1. The number of nitrogens with two attached hydrogens (primary N) is 3. The summed E-state index contributed by atoms with van der Waals surface area (Å²) in [4.78, 5) is 49.0. The van der Waals surface area contributed by atoms with E-state index in [-0.39, 0.29) is 70.2 Å². The Hall–Kier alpha value is -4.99. The molecule has 16 nitrogen and oxygen atoms in total. The third-order valence-electron chi connectivity index (χ3n) is 8.04. The van der Waals surface area contributed by atoms with E-state index < -0.39 is 11.9 Å². The summed E-state index contributed by atoms with van der Waals surface area (Å²) in [7, 11) is 2.80. The van der Waals surface area contributed by atoms with E-state index in [1.807, 2.05) is 26.0 Å². The average molecular weight is 850 g/mol. The van der Waals surface area contributed by atoms with Crippen LogP contribution in [-0.2, 0) is 22.6 Å². The predicted molar refractivity (Wildman–Crippen MR) is 207 cm³/mol. The Bertz CT molecular complexity index is 2010. The van der Waals surface area contributed by atoms with Crippen molar-refractivity contribution in [1.29, 1.82) is 0 Å². The molecular weight excluding hydrogens is 806 g/mol. The molecule has 6 N–H and O–H groups in total. The molecule has 5 rings (SSSR count). The summed E-state index contributed by atoms with van der Waals surface area (Å²) >= 11 is 0. The number of anilines is 2. The minimum absolute atomic E-state index is 0. The number of fused-ring (bicyclic) bond motifs is 2. The monoisotopic (exact) mass is 847 g/mol. The summed E-state index contributed by atoms with van der Waals surface area (Å²) in [5.41, 5.74) is 20.8. The van der Waals surface area contributed by atoms with Crippen molar-refractivity contribution in [2.75, 3.05) is 65.0 Å². The van der Waals surface area contributed by atoms with Crippen molar-refractivity contribution in [2.45, 2.75) is 33.0 Å². The van der Waals surface area contributed by atoms with Crippen molar-refractivity contribution in [1.82, 2.24) is 28.9 Å². The van der Waals surface area contributed by atoms with Gasteiger partial charge in [0.2, 0.25) is 17.8 Å². The van der Waals surface area contributed by atoms with Crippen LogP contribution in [-0.4, -0.2) is 107 Å². The second-order valence-electron chi connectivity index (χ2n) is 11.7. The number of hydrogen-bond donors (Lipinski definition) is 3. The average Bonchev–Trinajstić information content (AvgIpc) is 3.59. The zero-order valence-electron chi connectivity index (χ0n) is 29.3.